The standard InChI is InChI=1S/C12H18N2O2S/c1-14(17(15,16)9-11-2-3-11)8-10-4-6-12(13)7-5-10/h4-7,11H,2-3,8-9,13H2,1H3. The van der Waals surface area contributed by atoms with Crippen LogP contribution in [-0.2, 0) is 16.6 Å². The summed E-state index contributed by atoms with van der Waals surface area (Å²) >= 11 is 0. The van der Waals surface area contributed by atoms with Crippen LogP contribution in [0.4, 0.5) is 5.69 Å². The number of sulfonamides is 1. The Kier molecular flexibility index (Phi) is 3.40. The Morgan fingerprint density at radius 1 is 1.29 bits per heavy atom. The van der Waals surface area contributed by atoms with Crippen LogP contribution in [0.5, 0.6) is 0 Å². The summed E-state index contributed by atoms with van der Waals surface area (Å²) in [4.78, 5) is 0. The van der Waals surface area contributed by atoms with Crippen molar-refractivity contribution in [2.24, 2.45) is 5.92 Å². The normalized spacial score (nSPS) is 16.4. The summed E-state index contributed by atoms with van der Waals surface area (Å²) in [7, 11) is -1.47. The highest BCUT2D eigenvalue weighted by Gasteiger charge is 2.30. The van der Waals surface area contributed by atoms with Gasteiger partial charge in [0.15, 0.2) is 0 Å². The molecule has 4 nitrogen and oxygen atoms in total. The molecule has 1 aliphatic rings. The first-order valence-electron chi connectivity index (χ1n) is 5.76. The third kappa shape index (κ3) is 3.44. The maximum Gasteiger partial charge on any atom is 0.214 e. The molecule has 1 fully saturated rings. The van der Waals surface area contributed by atoms with Crippen LogP contribution in [0.25, 0.3) is 0 Å². The number of rotatable bonds is 5. The summed E-state index contributed by atoms with van der Waals surface area (Å²) in [6.45, 7) is 0.412. The van der Waals surface area contributed by atoms with Gasteiger partial charge >= 0.3 is 0 Å². The second kappa shape index (κ2) is 4.66. The summed E-state index contributed by atoms with van der Waals surface area (Å²) in [5.74, 6) is 0.673. The zero-order chi connectivity index (χ0) is 12.5. The minimum absolute atomic E-state index is 0.290. The number of anilines is 1. The first-order valence-corrected chi connectivity index (χ1v) is 7.37. The van der Waals surface area contributed by atoms with Crippen molar-refractivity contribution in [3.05, 3.63) is 29.8 Å². The van der Waals surface area contributed by atoms with E-state index in [1.807, 2.05) is 12.1 Å². The van der Waals surface area contributed by atoms with Crippen molar-refractivity contribution >= 4 is 15.7 Å². The fourth-order valence-corrected chi connectivity index (χ4v) is 3.22. The molecule has 2 rings (SSSR count). The molecular weight excluding hydrogens is 236 g/mol. The van der Waals surface area contributed by atoms with Crippen LogP contribution in [0.1, 0.15) is 18.4 Å². The van der Waals surface area contributed by atoms with Crippen molar-refractivity contribution in [2.45, 2.75) is 19.4 Å². The molecule has 5 heteroatoms. The van der Waals surface area contributed by atoms with Gasteiger partial charge in [0.05, 0.1) is 5.75 Å². The molecule has 17 heavy (non-hydrogen) atoms. The highest BCUT2D eigenvalue weighted by Crippen LogP contribution is 2.31. The highest BCUT2D eigenvalue weighted by atomic mass is 32.2. The monoisotopic (exact) mass is 254 g/mol. The molecule has 0 heterocycles. The number of benzene rings is 1. The lowest BCUT2D eigenvalue weighted by Crippen LogP contribution is -2.29. The highest BCUT2D eigenvalue weighted by molar-refractivity contribution is 7.89. The third-order valence-corrected chi connectivity index (χ3v) is 4.97. The average Bonchev–Trinajstić information content (AvgIpc) is 3.04. The van der Waals surface area contributed by atoms with Crippen molar-refractivity contribution in [3.63, 3.8) is 0 Å². The molecule has 0 amide bonds. The van der Waals surface area contributed by atoms with Crippen LogP contribution in [-0.4, -0.2) is 25.5 Å². The van der Waals surface area contributed by atoms with E-state index in [0.29, 0.717) is 23.9 Å². The van der Waals surface area contributed by atoms with E-state index in [-0.39, 0.29) is 0 Å². The van der Waals surface area contributed by atoms with E-state index >= 15 is 0 Å². The van der Waals surface area contributed by atoms with Crippen LogP contribution >= 0.6 is 0 Å². The van der Waals surface area contributed by atoms with Crippen molar-refractivity contribution in [1.82, 2.24) is 4.31 Å². The van der Waals surface area contributed by atoms with E-state index in [0.717, 1.165) is 18.4 Å². The molecule has 2 N–H and O–H groups in total. The van der Waals surface area contributed by atoms with Crippen LogP contribution in [0, 0.1) is 5.92 Å². The summed E-state index contributed by atoms with van der Waals surface area (Å²) in [5, 5.41) is 0. The molecule has 0 aromatic heterocycles. The molecule has 1 saturated carbocycles. The summed E-state index contributed by atoms with van der Waals surface area (Å²) in [6, 6.07) is 7.30. The topological polar surface area (TPSA) is 63.4 Å². The molecule has 0 saturated heterocycles. The largest absolute Gasteiger partial charge is 0.399 e. The zero-order valence-corrected chi connectivity index (χ0v) is 10.8. The Hall–Kier alpha value is -1.07. The fraction of sp³-hybridized carbons (Fsp3) is 0.500. The molecule has 0 atom stereocenters. The minimum atomic E-state index is -3.10. The maximum atomic E-state index is 12.0. The van der Waals surface area contributed by atoms with Gasteiger partial charge < -0.3 is 5.73 Å². The average molecular weight is 254 g/mol. The molecule has 1 aromatic rings. The van der Waals surface area contributed by atoms with Crippen molar-refractivity contribution in [2.75, 3.05) is 18.5 Å². The van der Waals surface area contributed by atoms with E-state index < -0.39 is 10.0 Å². The maximum absolute atomic E-state index is 12.0. The van der Waals surface area contributed by atoms with Gasteiger partial charge in [-0.05, 0) is 36.5 Å². The molecule has 1 aromatic carbocycles. The lowest BCUT2D eigenvalue weighted by molar-refractivity contribution is 0.464. The summed E-state index contributed by atoms with van der Waals surface area (Å²) in [6.07, 6.45) is 2.10. The fourth-order valence-electron chi connectivity index (χ4n) is 1.69. The Morgan fingerprint density at radius 2 is 1.88 bits per heavy atom. The van der Waals surface area contributed by atoms with Gasteiger partial charge in [-0.25, -0.2) is 12.7 Å². The Balaban J connectivity index is 2.00. The quantitative estimate of drug-likeness (QED) is 0.809. The van der Waals surface area contributed by atoms with Gasteiger partial charge in [-0.2, -0.15) is 0 Å². The zero-order valence-electron chi connectivity index (χ0n) is 9.96. The molecule has 0 bridgehead atoms. The van der Waals surface area contributed by atoms with Gasteiger partial charge in [-0.1, -0.05) is 12.1 Å². The first kappa shape index (κ1) is 12.4. The SMILES string of the molecule is CN(Cc1ccc(N)cc1)S(=O)(=O)CC1CC1. The number of hydrogen-bond acceptors (Lipinski definition) is 3. The van der Waals surface area contributed by atoms with Crippen molar-refractivity contribution in [3.8, 4) is 0 Å². The molecule has 0 radical (unpaired) electrons. The number of nitrogens with zero attached hydrogens (tertiary/aromatic N) is 1. The number of hydrogen-bond donors (Lipinski definition) is 1. The Morgan fingerprint density at radius 3 is 2.41 bits per heavy atom. The second-order valence-electron chi connectivity index (χ2n) is 4.72. The van der Waals surface area contributed by atoms with Crippen molar-refractivity contribution < 1.29 is 8.42 Å². The van der Waals surface area contributed by atoms with Crippen LogP contribution in [0.3, 0.4) is 0 Å². The summed E-state index contributed by atoms with van der Waals surface area (Å²) < 4.78 is 25.3. The van der Waals surface area contributed by atoms with Gasteiger partial charge in [-0.3, -0.25) is 0 Å². The van der Waals surface area contributed by atoms with Gasteiger partial charge in [0.1, 0.15) is 0 Å². The first-order chi connectivity index (χ1) is 7.97. The van der Waals surface area contributed by atoms with Crippen molar-refractivity contribution in [1.29, 1.82) is 0 Å². The molecular formula is C12H18N2O2S. The van der Waals surface area contributed by atoms with E-state index in [1.54, 1.807) is 19.2 Å². The van der Waals surface area contributed by atoms with E-state index in [1.165, 1.54) is 4.31 Å². The van der Waals surface area contributed by atoms with E-state index in [4.69, 9.17) is 5.73 Å². The molecule has 1 aliphatic carbocycles. The smallest absolute Gasteiger partial charge is 0.214 e. The van der Waals surface area contributed by atoms with Crippen LogP contribution in [0.15, 0.2) is 24.3 Å². The predicted octanol–water partition coefficient (Wildman–Crippen LogP) is 1.44. The lowest BCUT2D eigenvalue weighted by Gasteiger charge is -2.17. The van der Waals surface area contributed by atoms with E-state index in [2.05, 4.69) is 0 Å². The van der Waals surface area contributed by atoms with Gasteiger partial charge in [0.2, 0.25) is 10.0 Å². The molecule has 94 valence electrons. The number of nitrogens with two attached hydrogens (primary N) is 1. The molecule has 0 unspecified atom stereocenters. The van der Waals surface area contributed by atoms with Gasteiger partial charge in [-0.15, -0.1) is 0 Å². The number of nitrogen functional groups attached to an aromatic ring is 1. The second-order valence-corrected chi connectivity index (χ2v) is 6.84. The van der Waals surface area contributed by atoms with E-state index in [9.17, 15) is 8.42 Å². The lowest BCUT2D eigenvalue weighted by atomic mass is 10.2. The Bertz CT molecular complexity index is 478. The third-order valence-electron chi connectivity index (χ3n) is 3.00. The van der Waals surface area contributed by atoms with Gasteiger partial charge in [0.25, 0.3) is 0 Å². The Labute approximate surface area is 102 Å². The minimum Gasteiger partial charge on any atom is -0.399 e. The van der Waals surface area contributed by atoms with Crippen LogP contribution < -0.4 is 5.73 Å². The summed E-state index contributed by atoms with van der Waals surface area (Å²) in [5.41, 5.74) is 7.24. The predicted molar refractivity (Wildman–Crippen MR) is 68.8 cm³/mol. The molecule has 0 spiro atoms. The molecule has 0 aliphatic heterocycles. The van der Waals surface area contributed by atoms with Gasteiger partial charge in [0, 0.05) is 19.3 Å². The van der Waals surface area contributed by atoms with Crippen LogP contribution in [0.2, 0.25) is 0 Å².